The monoisotopic (exact) mass is 264 g/mol. The smallest absolute Gasteiger partial charge is 0.200 e. The highest BCUT2D eigenvalue weighted by Gasteiger charge is 2.20. The molecule has 0 amide bonds. The van der Waals surface area contributed by atoms with Crippen LogP contribution in [-0.4, -0.2) is 12.0 Å². The van der Waals surface area contributed by atoms with Crippen LogP contribution in [0.5, 0.6) is 0 Å². The van der Waals surface area contributed by atoms with Gasteiger partial charge in [-0.2, -0.15) is 0 Å². The normalized spacial score (nSPS) is 10.4. The van der Waals surface area contributed by atoms with Crippen LogP contribution in [0.4, 0.5) is 8.78 Å². The largest absolute Gasteiger partial charge is 0.288 e. The summed E-state index contributed by atoms with van der Waals surface area (Å²) in [5, 5.41) is 0. The molecule has 0 atom stereocenters. The van der Waals surface area contributed by atoms with E-state index in [0.29, 0.717) is 10.5 Å². The predicted octanol–water partition coefficient (Wildman–Crippen LogP) is 3.92. The van der Waals surface area contributed by atoms with Crippen molar-refractivity contribution in [3.63, 3.8) is 0 Å². The van der Waals surface area contributed by atoms with Gasteiger partial charge in [-0.05, 0) is 30.5 Å². The Labute approximate surface area is 108 Å². The van der Waals surface area contributed by atoms with Crippen molar-refractivity contribution < 1.29 is 13.6 Å². The van der Waals surface area contributed by atoms with E-state index in [1.54, 1.807) is 24.3 Å². The summed E-state index contributed by atoms with van der Waals surface area (Å²) in [6.45, 7) is 0. The highest BCUT2D eigenvalue weighted by atomic mass is 32.2. The Morgan fingerprint density at radius 2 is 1.61 bits per heavy atom. The molecule has 0 fully saturated rings. The molecule has 0 radical (unpaired) electrons. The van der Waals surface area contributed by atoms with E-state index in [0.717, 1.165) is 12.1 Å². The summed E-state index contributed by atoms with van der Waals surface area (Å²) in [5.74, 6) is -2.30. The van der Waals surface area contributed by atoms with Crippen molar-refractivity contribution in [1.82, 2.24) is 0 Å². The zero-order valence-corrected chi connectivity index (χ0v) is 10.4. The van der Waals surface area contributed by atoms with Crippen LogP contribution < -0.4 is 0 Å². The SMILES string of the molecule is CSc1ccccc1C(=O)c1c(F)cccc1F. The fourth-order valence-corrected chi connectivity index (χ4v) is 2.28. The standard InChI is InChI=1S/C14H10F2OS/c1-18-12-8-3-2-5-9(12)14(17)13-10(15)6-4-7-11(13)16/h2-8H,1H3. The average molecular weight is 264 g/mol. The maximum absolute atomic E-state index is 13.6. The third-order valence-corrected chi connectivity index (χ3v) is 3.34. The fourth-order valence-electron chi connectivity index (χ4n) is 1.68. The minimum atomic E-state index is -0.837. The second kappa shape index (κ2) is 5.31. The Morgan fingerprint density at radius 3 is 2.22 bits per heavy atom. The van der Waals surface area contributed by atoms with Crippen molar-refractivity contribution in [2.75, 3.05) is 6.26 Å². The minimum absolute atomic E-state index is 0.314. The Bertz CT molecular complexity index is 576. The first-order valence-corrected chi connectivity index (χ1v) is 6.49. The van der Waals surface area contributed by atoms with Crippen molar-refractivity contribution in [1.29, 1.82) is 0 Å². The predicted molar refractivity (Wildman–Crippen MR) is 68.0 cm³/mol. The Morgan fingerprint density at radius 1 is 1.00 bits per heavy atom. The molecule has 1 nitrogen and oxygen atoms in total. The highest BCUT2D eigenvalue weighted by molar-refractivity contribution is 7.98. The Kier molecular flexibility index (Phi) is 3.77. The van der Waals surface area contributed by atoms with Gasteiger partial charge in [-0.15, -0.1) is 11.8 Å². The quantitative estimate of drug-likeness (QED) is 0.617. The number of hydrogen-bond acceptors (Lipinski definition) is 2. The molecule has 2 rings (SSSR count). The van der Waals surface area contributed by atoms with Gasteiger partial charge in [0, 0.05) is 10.5 Å². The average Bonchev–Trinajstić information content (AvgIpc) is 2.38. The summed E-state index contributed by atoms with van der Waals surface area (Å²) < 4.78 is 27.1. The maximum Gasteiger partial charge on any atom is 0.200 e. The van der Waals surface area contributed by atoms with Gasteiger partial charge in [-0.25, -0.2) is 8.78 Å². The van der Waals surface area contributed by atoms with Crippen LogP contribution >= 0.6 is 11.8 Å². The van der Waals surface area contributed by atoms with E-state index in [-0.39, 0.29) is 0 Å². The molecule has 0 unspecified atom stereocenters. The van der Waals surface area contributed by atoms with Crippen LogP contribution in [0.2, 0.25) is 0 Å². The second-order valence-corrected chi connectivity index (χ2v) is 4.47. The van der Waals surface area contributed by atoms with Gasteiger partial charge >= 0.3 is 0 Å². The van der Waals surface area contributed by atoms with Crippen LogP contribution in [-0.2, 0) is 0 Å². The molecule has 0 aliphatic heterocycles. The summed E-state index contributed by atoms with van der Waals surface area (Å²) >= 11 is 1.36. The number of benzene rings is 2. The van der Waals surface area contributed by atoms with Crippen LogP contribution in [0.3, 0.4) is 0 Å². The molecule has 92 valence electrons. The Hall–Kier alpha value is -1.68. The van der Waals surface area contributed by atoms with Crippen molar-refractivity contribution in [3.05, 3.63) is 65.2 Å². The van der Waals surface area contributed by atoms with Gasteiger partial charge in [0.25, 0.3) is 0 Å². The molecule has 2 aromatic rings. The molecule has 0 aliphatic carbocycles. The molecule has 0 aromatic heterocycles. The summed E-state index contributed by atoms with van der Waals surface area (Å²) in [6.07, 6.45) is 1.81. The number of thioether (sulfide) groups is 1. The van der Waals surface area contributed by atoms with Gasteiger partial charge in [0.2, 0.25) is 0 Å². The lowest BCUT2D eigenvalue weighted by atomic mass is 10.0. The van der Waals surface area contributed by atoms with Crippen molar-refractivity contribution >= 4 is 17.5 Å². The molecule has 0 saturated carbocycles. The first kappa shape index (κ1) is 12.8. The summed E-state index contributed by atoms with van der Waals surface area (Å²) in [5.41, 5.74) is -0.187. The van der Waals surface area contributed by atoms with E-state index in [1.165, 1.54) is 17.8 Å². The van der Waals surface area contributed by atoms with Gasteiger partial charge in [-0.1, -0.05) is 18.2 Å². The van der Waals surface area contributed by atoms with Crippen LogP contribution in [0, 0.1) is 11.6 Å². The Balaban J connectivity index is 2.55. The number of carbonyl (C=O) groups is 1. The van der Waals surface area contributed by atoms with Crippen LogP contribution in [0.1, 0.15) is 15.9 Å². The topological polar surface area (TPSA) is 17.1 Å². The minimum Gasteiger partial charge on any atom is -0.288 e. The van der Waals surface area contributed by atoms with E-state index in [9.17, 15) is 13.6 Å². The van der Waals surface area contributed by atoms with E-state index in [1.807, 2.05) is 6.26 Å². The molecule has 0 bridgehead atoms. The van der Waals surface area contributed by atoms with Gasteiger partial charge < -0.3 is 0 Å². The fraction of sp³-hybridized carbons (Fsp3) is 0.0714. The van der Waals surface area contributed by atoms with Gasteiger partial charge in [-0.3, -0.25) is 4.79 Å². The second-order valence-electron chi connectivity index (χ2n) is 3.63. The van der Waals surface area contributed by atoms with E-state index < -0.39 is 23.0 Å². The number of ketones is 1. The number of halogens is 2. The maximum atomic E-state index is 13.6. The van der Waals surface area contributed by atoms with Crippen molar-refractivity contribution in [2.24, 2.45) is 0 Å². The van der Waals surface area contributed by atoms with Crippen LogP contribution in [0.15, 0.2) is 47.4 Å². The van der Waals surface area contributed by atoms with Crippen molar-refractivity contribution in [3.8, 4) is 0 Å². The first-order chi connectivity index (χ1) is 8.65. The van der Waals surface area contributed by atoms with Gasteiger partial charge in [0.05, 0.1) is 5.56 Å². The zero-order chi connectivity index (χ0) is 13.1. The molecule has 2 aromatic carbocycles. The molecule has 0 saturated heterocycles. The van der Waals surface area contributed by atoms with Crippen molar-refractivity contribution in [2.45, 2.75) is 4.90 Å². The number of hydrogen-bond donors (Lipinski definition) is 0. The summed E-state index contributed by atoms with van der Waals surface area (Å²) in [7, 11) is 0. The third-order valence-electron chi connectivity index (χ3n) is 2.54. The molecular weight excluding hydrogens is 254 g/mol. The van der Waals surface area contributed by atoms with Gasteiger partial charge in [0.15, 0.2) is 5.78 Å². The number of rotatable bonds is 3. The summed E-state index contributed by atoms with van der Waals surface area (Å²) in [6, 6.07) is 10.2. The van der Waals surface area contributed by atoms with Gasteiger partial charge in [0.1, 0.15) is 11.6 Å². The van der Waals surface area contributed by atoms with Crippen LogP contribution in [0.25, 0.3) is 0 Å². The zero-order valence-electron chi connectivity index (χ0n) is 9.61. The molecule has 0 heterocycles. The lowest BCUT2D eigenvalue weighted by Gasteiger charge is -2.07. The third kappa shape index (κ3) is 2.29. The van der Waals surface area contributed by atoms with E-state index in [4.69, 9.17) is 0 Å². The highest BCUT2D eigenvalue weighted by Crippen LogP contribution is 2.24. The molecule has 4 heteroatoms. The molecule has 0 spiro atoms. The summed E-state index contributed by atoms with van der Waals surface area (Å²) in [4.78, 5) is 12.9. The molecule has 0 aliphatic rings. The molecular formula is C14H10F2OS. The molecule has 0 N–H and O–H groups in total. The van der Waals surface area contributed by atoms with E-state index >= 15 is 0 Å². The number of carbonyl (C=O) groups excluding carboxylic acids is 1. The lowest BCUT2D eigenvalue weighted by Crippen LogP contribution is -2.08. The van der Waals surface area contributed by atoms with E-state index in [2.05, 4.69) is 0 Å². The lowest BCUT2D eigenvalue weighted by molar-refractivity contribution is 0.102. The first-order valence-electron chi connectivity index (χ1n) is 5.27. The molecule has 18 heavy (non-hydrogen) atoms.